The lowest BCUT2D eigenvalue weighted by molar-refractivity contribution is -0.0792. The zero-order valence-corrected chi connectivity index (χ0v) is 10.4. The van der Waals surface area contributed by atoms with Gasteiger partial charge in [-0.1, -0.05) is 24.3 Å². The Bertz CT molecular complexity index is 755. The van der Waals surface area contributed by atoms with E-state index in [1.54, 1.807) is 29.2 Å². The summed E-state index contributed by atoms with van der Waals surface area (Å²) in [7, 11) is 0. The van der Waals surface area contributed by atoms with Gasteiger partial charge in [0.1, 0.15) is 0 Å². The van der Waals surface area contributed by atoms with Crippen LogP contribution in [-0.4, -0.2) is 20.7 Å². The summed E-state index contributed by atoms with van der Waals surface area (Å²) in [4.78, 5) is 18.7. The van der Waals surface area contributed by atoms with Crippen molar-refractivity contribution >= 4 is 16.9 Å². The highest BCUT2D eigenvalue weighted by Crippen LogP contribution is 2.20. The van der Waals surface area contributed by atoms with Crippen LogP contribution >= 0.6 is 0 Å². The zero-order chi connectivity index (χ0) is 13.9. The summed E-state index contributed by atoms with van der Waals surface area (Å²) in [5.74, 6) is -1.09. The second kappa shape index (κ2) is 5.08. The van der Waals surface area contributed by atoms with Crippen LogP contribution in [0.25, 0.3) is 10.9 Å². The number of aromatic nitrogens is 3. The summed E-state index contributed by atoms with van der Waals surface area (Å²) in [6.07, 6.45) is 3.39. The second-order valence-electron chi connectivity index (χ2n) is 4.25. The van der Waals surface area contributed by atoms with Gasteiger partial charge in [0.2, 0.25) is 0 Å². The van der Waals surface area contributed by atoms with E-state index < -0.39 is 5.97 Å². The number of benzene rings is 1. The maximum absolute atomic E-state index is 12.1. The van der Waals surface area contributed by atoms with Crippen LogP contribution in [0.15, 0.2) is 48.8 Å². The molecule has 1 aromatic carbocycles. The molecule has 0 amide bonds. The second-order valence-corrected chi connectivity index (χ2v) is 4.25. The Labute approximate surface area is 113 Å². The molecule has 100 valence electrons. The summed E-state index contributed by atoms with van der Waals surface area (Å²) >= 11 is 0. The molecule has 0 saturated carbocycles. The van der Waals surface area contributed by atoms with Crippen LogP contribution in [0.4, 0.5) is 4.53 Å². The number of pyridine rings is 1. The van der Waals surface area contributed by atoms with Crippen LogP contribution in [0.3, 0.4) is 0 Å². The number of carbonyl (C=O) groups excluding carboxylic acids is 1. The zero-order valence-electron chi connectivity index (χ0n) is 10.4. The molecule has 2 aromatic heterocycles. The Morgan fingerprint density at radius 3 is 2.85 bits per heavy atom. The van der Waals surface area contributed by atoms with Crippen LogP contribution in [0, 0.1) is 0 Å². The number of halogens is 1. The minimum atomic E-state index is -1.09. The molecule has 0 N–H and O–H groups in total. The molecule has 3 rings (SSSR count). The summed E-state index contributed by atoms with van der Waals surface area (Å²) in [6.45, 7) is 0.438. The number of fused-ring (bicyclic) bond motifs is 1. The van der Waals surface area contributed by atoms with Crippen molar-refractivity contribution in [3.63, 3.8) is 0 Å². The van der Waals surface area contributed by atoms with Crippen LogP contribution in [0.5, 0.6) is 0 Å². The van der Waals surface area contributed by atoms with E-state index in [1.807, 2.05) is 24.3 Å². The third-order valence-electron chi connectivity index (χ3n) is 2.98. The Kier molecular flexibility index (Phi) is 3.12. The first-order valence-electron chi connectivity index (χ1n) is 5.97. The van der Waals surface area contributed by atoms with Gasteiger partial charge in [-0.25, -0.2) is 9.74 Å². The van der Waals surface area contributed by atoms with Gasteiger partial charge in [-0.3, -0.25) is 9.67 Å². The molecule has 0 spiro atoms. The number of para-hydroxylation sites is 1. The van der Waals surface area contributed by atoms with Crippen molar-refractivity contribution in [1.82, 2.24) is 14.8 Å². The molecule has 0 aliphatic heterocycles. The van der Waals surface area contributed by atoms with Gasteiger partial charge in [-0.05, 0) is 17.7 Å². The van der Waals surface area contributed by atoms with Crippen molar-refractivity contribution in [2.75, 3.05) is 0 Å². The summed E-state index contributed by atoms with van der Waals surface area (Å²) in [5, 5.41) is 4.68. The van der Waals surface area contributed by atoms with Gasteiger partial charge in [0.05, 0.1) is 12.1 Å². The fourth-order valence-electron chi connectivity index (χ4n) is 2.10. The third-order valence-corrected chi connectivity index (χ3v) is 2.98. The highest BCUT2D eigenvalue weighted by Gasteiger charge is 2.19. The van der Waals surface area contributed by atoms with E-state index in [-0.39, 0.29) is 5.69 Å². The van der Waals surface area contributed by atoms with E-state index in [2.05, 4.69) is 15.0 Å². The van der Waals surface area contributed by atoms with E-state index in [0.717, 1.165) is 11.1 Å². The minimum absolute atomic E-state index is 0.0352. The minimum Gasteiger partial charge on any atom is -0.264 e. The number of nitrogens with zero attached hydrogens (tertiary/aromatic N) is 3. The van der Waals surface area contributed by atoms with Gasteiger partial charge in [0.15, 0.2) is 5.69 Å². The van der Waals surface area contributed by atoms with Gasteiger partial charge >= 0.3 is 5.97 Å². The summed E-state index contributed by atoms with van der Waals surface area (Å²) < 4.78 is 13.8. The van der Waals surface area contributed by atoms with Gasteiger partial charge in [-0.2, -0.15) is 5.10 Å². The smallest absolute Gasteiger partial charge is 0.264 e. The highest BCUT2D eigenvalue weighted by atomic mass is 19.3. The molecule has 3 aromatic rings. The molecule has 0 saturated heterocycles. The lowest BCUT2D eigenvalue weighted by Gasteiger charge is -2.02. The number of hydrogen-bond donors (Lipinski definition) is 0. The average molecular weight is 271 g/mol. The topological polar surface area (TPSA) is 57.0 Å². The fourth-order valence-corrected chi connectivity index (χ4v) is 2.10. The number of carbonyl (C=O) groups is 1. The number of rotatable bonds is 3. The standard InChI is InChI=1S/C14H10FN3O2/c15-20-14(19)13-11-5-1-2-6-12(11)18(17-13)9-10-4-3-7-16-8-10/h1-8H,9H2. The molecule has 0 radical (unpaired) electrons. The fraction of sp³-hybridized carbons (Fsp3) is 0.0714. The van der Waals surface area contributed by atoms with E-state index >= 15 is 0 Å². The average Bonchev–Trinajstić information content (AvgIpc) is 2.87. The summed E-state index contributed by atoms with van der Waals surface area (Å²) in [5.41, 5.74) is 1.63. The maximum Gasteiger partial charge on any atom is 0.400 e. The van der Waals surface area contributed by atoms with Crippen molar-refractivity contribution in [3.05, 3.63) is 60.0 Å². The van der Waals surface area contributed by atoms with Crippen molar-refractivity contribution < 1.29 is 14.3 Å². The van der Waals surface area contributed by atoms with Gasteiger partial charge < -0.3 is 0 Å². The molecule has 0 unspecified atom stereocenters. The summed E-state index contributed by atoms with van der Waals surface area (Å²) in [6, 6.07) is 10.8. The molecule has 0 atom stereocenters. The van der Waals surface area contributed by atoms with E-state index in [4.69, 9.17) is 0 Å². The Morgan fingerprint density at radius 2 is 2.10 bits per heavy atom. The molecule has 2 heterocycles. The Hall–Kier alpha value is -2.76. The quantitative estimate of drug-likeness (QED) is 0.734. The van der Waals surface area contributed by atoms with E-state index in [1.165, 1.54) is 0 Å². The van der Waals surface area contributed by atoms with Gasteiger partial charge in [0.25, 0.3) is 0 Å². The molecule has 20 heavy (non-hydrogen) atoms. The predicted octanol–water partition coefficient (Wildman–Crippen LogP) is 2.52. The van der Waals surface area contributed by atoms with E-state index in [0.29, 0.717) is 11.9 Å². The highest BCUT2D eigenvalue weighted by molar-refractivity contribution is 6.01. The van der Waals surface area contributed by atoms with Crippen molar-refractivity contribution in [2.45, 2.75) is 6.54 Å². The van der Waals surface area contributed by atoms with E-state index in [9.17, 15) is 9.32 Å². The lowest BCUT2D eigenvalue weighted by Crippen LogP contribution is -2.05. The molecular weight excluding hydrogens is 261 g/mol. The molecule has 0 aliphatic carbocycles. The first-order valence-corrected chi connectivity index (χ1v) is 5.97. The lowest BCUT2D eigenvalue weighted by atomic mass is 10.2. The van der Waals surface area contributed by atoms with Crippen molar-refractivity contribution in [3.8, 4) is 0 Å². The van der Waals surface area contributed by atoms with Crippen LogP contribution in [-0.2, 0) is 11.5 Å². The van der Waals surface area contributed by atoms with Crippen molar-refractivity contribution in [1.29, 1.82) is 0 Å². The SMILES string of the molecule is O=C(OF)c1nn(Cc2cccnc2)c2ccccc12. The largest absolute Gasteiger partial charge is 0.400 e. The van der Waals surface area contributed by atoms with Crippen molar-refractivity contribution in [2.24, 2.45) is 0 Å². The van der Waals surface area contributed by atoms with Crippen LogP contribution in [0.2, 0.25) is 0 Å². The normalized spacial score (nSPS) is 10.7. The molecule has 0 fully saturated rings. The molecule has 5 nitrogen and oxygen atoms in total. The molecule has 0 bridgehead atoms. The molecule has 6 heteroatoms. The van der Waals surface area contributed by atoms with Crippen LogP contribution in [0.1, 0.15) is 16.1 Å². The maximum atomic E-state index is 12.1. The van der Waals surface area contributed by atoms with Gasteiger partial charge in [-0.15, -0.1) is 0 Å². The first-order chi connectivity index (χ1) is 9.79. The van der Waals surface area contributed by atoms with Gasteiger partial charge in [0, 0.05) is 22.3 Å². The first kappa shape index (κ1) is 12.3. The monoisotopic (exact) mass is 271 g/mol. The van der Waals surface area contributed by atoms with Crippen LogP contribution < -0.4 is 0 Å². The predicted molar refractivity (Wildman–Crippen MR) is 69.6 cm³/mol. The molecular formula is C14H10FN3O2. The Morgan fingerprint density at radius 1 is 1.25 bits per heavy atom. The number of hydrogen-bond acceptors (Lipinski definition) is 4. The molecule has 0 aliphatic rings. The Balaban J connectivity index is 2.09. The third kappa shape index (κ3) is 2.11.